The van der Waals surface area contributed by atoms with E-state index in [4.69, 9.17) is 4.74 Å². The van der Waals surface area contributed by atoms with E-state index in [1.165, 1.54) is 21.6 Å². The highest BCUT2D eigenvalue weighted by Gasteiger charge is 2.36. The average Bonchev–Trinajstić information content (AvgIpc) is 3.14. The number of amides is 3. The van der Waals surface area contributed by atoms with E-state index in [1.54, 1.807) is 43.3 Å². The quantitative estimate of drug-likeness (QED) is 0.165. The summed E-state index contributed by atoms with van der Waals surface area (Å²) in [7, 11) is 0. The van der Waals surface area contributed by atoms with Gasteiger partial charge in [-0.2, -0.15) is 0 Å². The van der Waals surface area contributed by atoms with Crippen LogP contribution < -0.4 is 10.2 Å². The molecule has 2 heterocycles. The van der Waals surface area contributed by atoms with Crippen LogP contribution in [0.5, 0.6) is 0 Å². The molecule has 2 aliphatic rings. The highest BCUT2D eigenvalue weighted by molar-refractivity contribution is 7.99. The van der Waals surface area contributed by atoms with Crippen molar-refractivity contribution in [2.24, 2.45) is 0 Å². The monoisotopic (exact) mass is 631 g/mol. The first-order chi connectivity index (χ1) is 20.3. The van der Waals surface area contributed by atoms with Gasteiger partial charge in [0, 0.05) is 17.2 Å². The minimum absolute atomic E-state index is 0. The number of nitrogens with one attached hydrogen (secondary N) is 1. The largest absolute Gasteiger partial charge is 0.480 e. The normalized spacial score (nSPS) is 16.7. The molecule has 3 amide bonds. The topological polar surface area (TPSA) is 133 Å². The van der Waals surface area contributed by atoms with Crippen LogP contribution in [-0.2, 0) is 19.1 Å². The SMILES string of the molecule is CCOC(=O)[C@H](CCCCCCCCN1C(=O)c2ccccc2C1=O)N[C@H]1CSc2ccccc2N(CC(=O)O)C1=O.Cl. The van der Waals surface area contributed by atoms with E-state index in [9.17, 15) is 29.1 Å². The molecule has 0 spiro atoms. The molecule has 0 aromatic heterocycles. The molecule has 2 aliphatic heterocycles. The third-order valence-corrected chi connectivity index (χ3v) is 8.55. The summed E-state index contributed by atoms with van der Waals surface area (Å²) in [5.41, 5.74) is 1.49. The smallest absolute Gasteiger partial charge is 0.323 e. The van der Waals surface area contributed by atoms with Crippen molar-refractivity contribution in [2.45, 2.75) is 68.8 Å². The van der Waals surface area contributed by atoms with E-state index in [1.807, 2.05) is 12.1 Å². The predicted octanol–water partition coefficient (Wildman–Crippen LogP) is 4.55. The number of nitrogens with zero attached hydrogens (tertiary/aromatic N) is 2. The number of benzene rings is 2. The minimum atomic E-state index is -1.12. The Kier molecular flexibility index (Phi) is 13.0. The van der Waals surface area contributed by atoms with Crippen molar-refractivity contribution >= 4 is 59.5 Å². The van der Waals surface area contributed by atoms with Crippen molar-refractivity contribution in [1.29, 1.82) is 0 Å². The van der Waals surface area contributed by atoms with Crippen molar-refractivity contribution in [3.05, 3.63) is 59.7 Å². The number of carbonyl (C=O) groups excluding carboxylic acids is 4. The average molecular weight is 632 g/mol. The zero-order valence-electron chi connectivity index (χ0n) is 24.2. The van der Waals surface area contributed by atoms with Gasteiger partial charge in [-0.25, -0.2) is 0 Å². The number of unbranched alkanes of at least 4 members (excludes halogenated alkanes) is 5. The summed E-state index contributed by atoms with van der Waals surface area (Å²) in [5.74, 6) is -2.03. The van der Waals surface area contributed by atoms with Gasteiger partial charge in [0.05, 0.1) is 29.5 Å². The van der Waals surface area contributed by atoms with Gasteiger partial charge < -0.3 is 9.84 Å². The summed E-state index contributed by atoms with van der Waals surface area (Å²) in [5, 5.41) is 12.6. The molecule has 0 saturated carbocycles. The number of hydrogen-bond acceptors (Lipinski definition) is 8. The minimum Gasteiger partial charge on any atom is -0.480 e. The number of carboxylic acid groups (broad SMARTS) is 1. The molecule has 0 radical (unpaired) electrons. The van der Waals surface area contributed by atoms with Crippen LogP contribution in [0.25, 0.3) is 0 Å². The van der Waals surface area contributed by atoms with Gasteiger partial charge >= 0.3 is 11.9 Å². The first-order valence-electron chi connectivity index (χ1n) is 14.4. The number of esters is 1. The standard InChI is InChI=1S/C31H37N3O7S.ClH/c1-2-41-31(40)23(32-24-20-42-26-17-11-10-16-25(26)34(30(24)39)19-27(35)36)15-7-5-3-4-6-12-18-33-28(37)21-13-8-9-14-22(21)29(33)38;/h8-11,13-14,16-17,23-24,32H,2-7,12,15,18-20H2,1H3,(H,35,36);1H/t23-,24-;/m0./s1. The van der Waals surface area contributed by atoms with Gasteiger partial charge in [0.2, 0.25) is 5.91 Å². The lowest BCUT2D eigenvalue weighted by Crippen LogP contribution is -2.54. The maximum Gasteiger partial charge on any atom is 0.323 e. The maximum atomic E-state index is 13.4. The maximum absolute atomic E-state index is 13.4. The molecule has 232 valence electrons. The Bertz CT molecular complexity index is 1290. The lowest BCUT2D eigenvalue weighted by atomic mass is 10.0. The van der Waals surface area contributed by atoms with Crippen LogP contribution in [0.1, 0.15) is 72.6 Å². The second-order valence-electron chi connectivity index (χ2n) is 10.3. The van der Waals surface area contributed by atoms with Gasteiger partial charge in [-0.3, -0.25) is 39.1 Å². The third kappa shape index (κ3) is 8.58. The van der Waals surface area contributed by atoms with Gasteiger partial charge in [-0.05, 0) is 44.0 Å². The number of anilines is 1. The Hall–Kier alpha value is -3.41. The molecule has 0 saturated heterocycles. The van der Waals surface area contributed by atoms with Gasteiger partial charge in [-0.15, -0.1) is 24.2 Å². The molecular weight excluding hydrogens is 594 g/mol. The summed E-state index contributed by atoms with van der Waals surface area (Å²) in [6.07, 6.45) is 5.55. The van der Waals surface area contributed by atoms with Crippen molar-refractivity contribution < 1.29 is 33.8 Å². The Morgan fingerprint density at radius 1 is 0.930 bits per heavy atom. The Balaban J connectivity index is 0.00000506. The van der Waals surface area contributed by atoms with E-state index in [-0.39, 0.29) is 36.7 Å². The lowest BCUT2D eigenvalue weighted by Gasteiger charge is -2.27. The van der Waals surface area contributed by atoms with Crippen molar-refractivity contribution in [3.63, 3.8) is 0 Å². The van der Waals surface area contributed by atoms with E-state index < -0.39 is 30.6 Å². The second-order valence-corrected chi connectivity index (χ2v) is 11.4. The Labute approximate surface area is 261 Å². The molecule has 2 aromatic rings. The molecule has 2 aromatic carbocycles. The van der Waals surface area contributed by atoms with E-state index in [0.29, 0.717) is 35.5 Å². The van der Waals surface area contributed by atoms with Crippen molar-refractivity contribution in [1.82, 2.24) is 10.2 Å². The predicted molar refractivity (Wildman–Crippen MR) is 166 cm³/mol. The number of hydrogen-bond donors (Lipinski definition) is 2. The second kappa shape index (κ2) is 16.4. The fourth-order valence-electron chi connectivity index (χ4n) is 5.29. The molecule has 2 N–H and O–H groups in total. The number of fused-ring (bicyclic) bond motifs is 2. The molecule has 0 unspecified atom stereocenters. The zero-order valence-corrected chi connectivity index (χ0v) is 25.8. The van der Waals surface area contributed by atoms with Crippen LogP contribution in [0.3, 0.4) is 0 Å². The van der Waals surface area contributed by atoms with Gasteiger partial charge in [0.25, 0.3) is 11.8 Å². The van der Waals surface area contributed by atoms with Crippen LogP contribution in [0.15, 0.2) is 53.4 Å². The fraction of sp³-hybridized carbons (Fsp3) is 0.452. The summed E-state index contributed by atoms with van der Waals surface area (Å²) in [4.78, 5) is 66.1. The number of thioether (sulfide) groups is 1. The molecule has 0 bridgehead atoms. The lowest BCUT2D eigenvalue weighted by molar-refractivity contribution is -0.146. The number of carboxylic acids is 1. The molecule has 2 atom stereocenters. The molecule has 10 nitrogen and oxygen atoms in total. The van der Waals surface area contributed by atoms with Crippen LogP contribution in [-0.4, -0.2) is 77.2 Å². The molecule has 12 heteroatoms. The highest BCUT2D eigenvalue weighted by atomic mass is 35.5. The van der Waals surface area contributed by atoms with Crippen molar-refractivity contribution in [2.75, 3.05) is 30.3 Å². The number of rotatable bonds is 15. The number of ether oxygens (including phenoxy) is 1. The van der Waals surface area contributed by atoms with Gasteiger partial charge in [-0.1, -0.05) is 56.4 Å². The highest BCUT2D eigenvalue weighted by Crippen LogP contribution is 2.34. The van der Waals surface area contributed by atoms with Crippen LogP contribution >= 0.6 is 24.2 Å². The van der Waals surface area contributed by atoms with E-state index >= 15 is 0 Å². The molecule has 0 fully saturated rings. The molecule has 4 rings (SSSR count). The van der Waals surface area contributed by atoms with Gasteiger partial charge in [0.1, 0.15) is 12.6 Å². The molecular formula is C31H38ClN3O7S. The zero-order chi connectivity index (χ0) is 30.1. The van der Waals surface area contributed by atoms with Crippen LogP contribution in [0.4, 0.5) is 5.69 Å². The first kappa shape index (κ1) is 34.1. The van der Waals surface area contributed by atoms with E-state index in [0.717, 1.165) is 43.4 Å². The summed E-state index contributed by atoms with van der Waals surface area (Å²) in [6.45, 7) is 1.88. The number of imide groups is 1. The third-order valence-electron chi connectivity index (χ3n) is 7.40. The summed E-state index contributed by atoms with van der Waals surface area (Å²) in [6, 6.07) is 12.6. The number of aliphatic carboxylic acids is 1. The summed E-state index contributed by atoms with van der Waals surface area (Å²) >= 11 is 1.45. The number of para-hydroxylation sites is 1. The Morgan fingerprint density at radius 2 is 1.53 bits per heavy atom. The summed E-state index contributed by atoms with van der Waals surface area (Å²) < 4.78 is 5.28. The number of carbonyl (C=O) groups is 5. The molecule has 43 heavy (non-hydrogen) atoms. The van der Waals surface area contributed by atoms with Crippen LogP contribution in [0.2, 0.25) is 0 Å². The molecule has 0 aliphatic carbocycles. The van der Waals surface area contributed by atoms with Crippen LogP contribution in [0, 0.1) is 0 Å². The van der Waals surface area contributed by atoms with Gasteiger partial charge in [0.15, 0.2) is 0 Å². The number of halogens is 1. The van der Waals surface area contributed by atoms with E-state index in [2.05, 4.69) is 5.32 Å². The Morgan fingerprint density at radius 3 is 2.19 bits per heavy atom. The van der Waals surface area contributed by atoms with Crippen molar-refractivity contribution in [3.8, 4) is 0 Å². The first-order valence-corrected chi connectivity index (χ1v) is 15.4. The fourth-order valence-corrected chi connectivity index (χ4v) is 6.38.